The van der Waals surface area contributed by atoms with Gasteiger partial charge in [0.15, 0.2) is 0 Å². The predicted octanol–water partition coefficient (Wildman–Crippen LogP) is 2.53. The molecule has 0 amide bonds. The average molecular weight is 190 g/mol. The molecular formula is C12H18N2. The number of aromatic nitrogens is 1. The summed E-state index contributed by atoms with van der Waals surface area (Å²) in [7, 11) is 0. The number of rotatable bonds is 5. The summed E-state index contributed by atoms with van der Waals surface area (Å²) >= 11 is 0. The Morgan fingerprint density at radius 1 is 1.57 bits per heavy atom. The number of hydrogen-bond acceptors (Lipinski definition) is 2. The lowest BCUT2D eigenvalue weighted by molar-refractivity contribution is 0.480. The minimum absolute atomic E-state index is 0.545. The van der Waals surface area contributed by atoms with Gasteiger partial charge < -0.3 is 5.32 Å². The molecule has 2 nitrogen and oxygen atoms in total. The van der Waals surface area contributed by atoms with E-state index in [-0.39, 0.29) is 0 Å². The van der Waals surface area contributed by atoms with Gasteiger partial charge in [0.05, 0.1) is 0 Å². The van der Waals surface area contributed by atoms with Crippen molar-refractivity contribution >= 4 is 0 Å². The maximum Gasteiger partial charge on any atom is 0.0363 e. The molecule has 0 spiro atoms. The van der Waals surface area contributed by atoms with Gasteiger partial charge in [-0.2, -0.15) is 0 Å². The molecule has 0 aromatic carbocycles. The molecule has 1 N–H and O–H groups in total. The van der Waals surface area contributed by atoms with Gasteiger partial charge in [0, 0.05) is 18.4 Å². The molecule has 1 aliphatic rings. The van der Waals surface area contributed by atoms with Crippen LogP contribution in [0.3, 0.4) is 0 Å². The minimum atomic E-state index is 0.545. The first-order chi connectivity index (χ1) is 6.92. The van der Waals surface area contributed by atoms with Crippen LogP contribution in [0.4, 0.5) is 0 Å². The third-order valence-electron chi connectivity index (χ3n) is 2.75. The molecule has 2 rings (SSSR count). The Morgan fingerprint density at radius 3 is 3.00 bits per heavy atom. The number of nitrogens with zero attached hydrogens (tertiary/aromatic N) is 1. The molecule has 0 saturated heterocycles. The van der Waals surface area contributed by atoms with Crippen LogP contribution in [0.25, 0.3) is 0 Å². The Balaban J connectivity index is 2.02. The van der Waals surface area contributed by atoms with Crippen molar-refractivity contribution in [3.63, 3.8) is 0 Å². The zero-order valence-electron chi connectivity index (χ0n) is 8.74. The summed E-state index contributed by atoms with van der Waals surface area (Å²) in [6, 6.07) is 4.75. The first kappa shape index (κ1) is 9.66. The van der Waals surface area contributed by atoms with Crippen molar-refractivity contribution < 1.29 is 0 Å². The van der Waals surface area contributed by atoms with E-state index in [4.69, 9.17) is 0 Å². The summed E-state index contributed by atoms with van der Waals surface area (Å²) in [6.45, 7) is 3.32. The third kappa shape index (κ3) is 2.32. The first-order valence-electron chi connectivity index (χ1n) is 5.55. The standard InChI is InChI=1S/C12H18N2/c1-2-7-14-12(10-5-6-10)11-4-3-8-13-9-11/h3-4,8-10,12,14H,2,5-7H2,1H3. The molecule has 76 valence electrons. The van der Waals surface area contributed by atoms with Gasteiger partial charge in [-0.3, -0.25) is 4.98 Å². The molecule has 1 heterocycles. The summed E-state index contributed by atoms with van der Waals surface area (Å²) in [6.07, 6.45) is 7.77. The molecule has 1 fully saturated rings. The highest BCUT2D eigenvalue weighted by Gasteiger charge is 2.31. The molecule has 0 radical (unpaired) electrons. The molecule has 0 aliphatic heterocycles. The lowest BCUT2D eigenvalue weighted by Crippen LogP contribution is -2.23. The Morgan fingerprint density at radius 2 is 2.43 bits per heavy atom. The van der Waals surface area contributed by atoms with Crippen LogP contribution in [0.15, 0.2) is 24.5 Å². The summed E-state index contributed by atoms with van der Waals surface area (Å²) in [5, 5.41) is 3.61. The fourth-order valence-corrected chi connectivity index (χ4v) is 1.85. The fraction of sp³-hybridized carbons (Fsp3) is 0.583. The van der Waals surface area contributed by atoms with Crippen LogP contribution in [-0.2, 0) is 0 Å². The van der Waals surface area contributed by atoms with Crippen molar-refractivity contribution in [1.29, 1.82) is 0 Å². The second-order valence-electron chi connectivity index (χ2n) is 4.06. The zero-order chi connectivity index (χ0) is 9.80. The normalized spacial score (nSPS) is 18.1. The van der Waals surface area contributed by atoms with Crippen LogP contribution >= 0.6 is 0 Å². The number of pyridine rings is 1. The van der Waals surface area contributed by atoms with Crippen molar-refractivity contribution in [2.45, 2.75) is 32.2 Å². The molecule has 2 heteroatoms. The van der Waals surface area contributed by atoms with Gasteiger partial charge in [0.2, 0.25) is 0 Å². The van der Waals surface area contributed by atoms with Crippen molar-refractivity contribution in [3.05, 3.63) is 30.1 Å². The van der Waals surface area contributed by atoms with Crippen molar-refractivity contribution in [1.82, 2.24) is 10.3 Å². The molecule has 0 bridgehead atoms. The van der Waals surface area contributed by atoms with Crippen molar-refractivity contribution in [3.8, 4) is 0 Å². The van der Waals surface area contributed by atoms with E-state index >= 15 is 0 Å². The van der Waals surface area contributed by atoms with Gasteiger partial charge in [0.25, 0.3) is 0 Å². The topological polar surface area (TPSA) is 24.9 Å². The van der Waals surface area contributed by atoms with Gasteiger partial charge >= 0.3 is 0 Å². The number of nitrogens with one attached hydrogen (secondary N) is 1. The van der Waals surface area contributed by atoms with Crippen LogP contribution in [0, 0.1) is 5.92 Å². The van der Waals surface area contributed by atoms with E-state index in [0.29, 0.717) is 6.04 Å². The number of hydrogen-bond donors (Lipinski definition) is 1. The first-order valence-corrected chi connectivity index (χ1v) is 5.55. The van der Waals surface area contributed by atoms with E-state index in [1.807, 2.05) is 18.5 Å². The second-order valence-corrected chi connectivity index (χ2v) is 4.06. The predicted molar refractivity (Wildman–Crippen MR) is 58.0 cm³/mol. The summed E-state index contributed by atoms with van der Waals surface area (Å²) in [5.41, 5.74) is 1.35. The van der Waals surface area contributed by atoms with Crippen LogP contribution in [-0.4, -0.2) is 11.5 Å². The average Bonchev–Trinajstić information content (AvgIpc) is 3.04. The fourth-order valence-electron chi connectivity index (χ4n) is 1.85. The maximum absolute atomic E-state index is 4.18. The van der Waals surface area contributed by atoms with Gasteiger partial charge in [-0.05, 0) is 43.4 Å². The Hall–Kier alpha value is -0.890. The zero-order valence-corrected chi connectivity index (χ0v) is 8.74. The van der Waals surface area contributed by atoms with Crippen LogP contribution in [0.1, 0.15) is 37.8 Å². The molecule has 1 saturated carbocycles. The highest BCUT2D eigenvalue weighted by atomic mass is 14.9. The lowest BCUT2D eigenvalue weighted by atomic mass is 10.0. The monoisotopic (exact) mass is 190 g/mol. The largest absolute Gasteiger partial charge is 0.310 e. The molecule has 1 aromatic heterocycles. The summed E-state index contributed by atoms with van der Waals surface area (Å²) in [4.78, 5) is 4.18. The van der Waals surface area contributed by atoms with Gasteiger partial charge in [-0.15, -0.1) is 0 Å². The Labute approximate surface area is 85.7 Å². The van der Waals surface area contributed by atoms with E-state index in [0.717, 1.165) is 12.5 Å². The van der Waals surface area contributed by atoms with E-state index in [2.05, 4.69) is 23.3 Å². The maximum atomic E-state index is 4.18. The molecule has 1 unspecified atom stereocenters. The molecule has 1 aliphatic carbocycles. The minimum Gasteiger partial charge on any atom is -0.310 e. The van der Waals surface area contributed by atoms with Crippen molar-refractivity contribution in [2.24, 2.45) is 5.92 Å². The van der Waals surface area contributed by atoms with Crippen LogP contribution < -0.4 is 5.32 Å². The SMILES string of the molecule is CCCNC(c1cccnc1)C1CC1. The second kappa shape index (κ2) is 4.56. The lowest BCUT2D eigenvalue weighted by Gasteiger charge is -2.17. The Bertz CT molecular complexity index is 267. The molecular weight excluding hydrogens is 172 g/mol. The van der Waals surface area contributed by atoms with Gasteiger partial charge in [0.1, 0.15) is 0 Å². The summed E-state index contributed by atoms with van der Waals surface area (Å²) < 4.78 is 0. The third-order valence-corrected chi connectivity index (χ3v) is 2.75. The molecule has 14 heavy (non-hydrogen) atoms. The molecule has 1 aromatic rings. The summed E-state index contributed by atoms with van der Waals surface area (Å²) in [5.74, 6) is 0.853. The molecule has 1 atom stereocenters. The highest BCUT2D eigenvalue weighted by Crippen LogP contribution is 2.40. The highest BCUT2D eigenvalue weighted by molar-refractivity contribution is 5.16. The van der Waals surface area contributed by atoms with Crippen LogP contribution in [0.5, 0.6) is 0 Å². The van der Waals surface area contributed by atoms with E-state index in [1.165, 1.54) is 24.8 Å². The van der Waals surface area contributed by atoms with E-state index < -0.39 is 0 Å². The van der Waals surface area contributed by atoms with Gasteiger partial charge in [-0.25, -0.2) is 0 Å². The van der Waals surface area contributed by atoms with E-state index in [1.54, 1.807) is 0 Å². The van der Waals surface area contributed by atoms with Gasteiger partial charge in [-0.1, -0.05) is 13.0 Å². The Kier molecular flexibility index (Phi) is 3.14. The van der Waals surface area contributed by atoms with Crippen LogP contribution in [0.2, 0.25) is 0 Å². The van der Waals surface area contributed by atoms with Crippen molar-refractivity contribution in [2.75, 3.05) is 6.54 Å². The quantitative estimate of drug-likeness (QED) is 0.771. The smallest absolute Gasteiger partial charge is 0.0363 e. The van der Waals surface area contributed by atoms with E-state index in [9.17, 15) is 0 Å².